The molecule has 0 bridgehead atoms. The summed E-state index contributed by atoms with van der Waals surface area (Å²) in [5.41, 5.74) is 2.27. The molecule has 6 nitrogen and oxygen atoms in total. The van der Waals surface area contributed by atoms with Gasteiger partial charge in [0.05, 0.1) is 18.7 Å². The van der Waals surface area contributed by atoms with Gasteiger partial charge in [-0.1, -0.05) is 31.5 Å². The highest BCUT2D eigenvalue weighted by Crippen LogP contribution is 2.37. The Morgan fingerprint density at radius 2 is 1.90 bits per heavy atom. The molecule has 0 unspecified atom stereocenters. The van der Waals surface area contributed by atoms with E-state index in [4.69, 9.17) is 21.1 Å². The van der Waals surface area contributed by atoms with Gasteiger partial charge in [0.25, 0.3) is 11.8 Å². The highest BCUT2D eigenvalue weighted by molar-refractivity contribution is 6.32. The maximum Gasteiger partial charge on any atom is 0.255 e. The van der Waals surface area contributed by atoms with E-state index in [-0.39, 0.29) is 11.8 Å². The fourth-order valence-electron chi connectivity index (χ4n) is 3.53. The highest BCUT2D eigenvalue weighted by atomic mass is 35.5. The van der Waals surface area contributed by atoms with Crippen LogP contribution >= 0.6 is 11.6 Å². The van der Waals surface area contributed by atoms with Gasteiger partial charge in [-0.05, 0) is 55.5 Å². The van der Waals surface area contributed by atoms with Crippen molar-refractivity contribution >= 4 is 29.1 Å². The first-order valence-corrected chi connectivity index (χ1v) is 10.9. The lowest BCUT2D eigenvalue weighted by molar-refractivity contribution is 0.0791. The molecule has 0 radical (unpaired) electrons. The first-order chi connectivity index (χ1) is 14.8. The van der Waals surface area contributed by atoms with E-state index in [9.17, 15) is 9.59 Å². The fraction of sp³-hybridized carbons (Fsp3) is 0.417. The second-order valence-corrected chi connectivity index (χ2v) is 8.53. The van der Waals surface area contributed by atoms with Crippen molar-refractivity contribution in [3.63, 3.8) is 0 Å². The number of carbonyl (C=O) groups is 2. The van der Waals surface area contributed by atoms with Gasteiger partial charge in [-0.15, -0.1) is 0 Å². The van der Waals surface area contributed by atoms with Crippen LogP contribution in [0.25, 0.3) is 0 Å². The zero-order valence-corrected chi connectivity index (χ0v) is 19.2. The molecule has 1 N–H and O–H groups in total. The number of likely N-dealkylation sites (tertiary alicyclic amines) is 1. The summed E-state index contributed by atoms with van der Waals surface area (Å²) in [6.45, 7) is 7.95. The summed E-state index contributed by atoms with van der Waals surface area (Å²) in [5.74, 6) is 0.797. The number of methoxy groups -OCH3 is 1. The van der Waals surface area contributed by atoms with Gasteiger partial charge < -0.3 is 19.7 Å². The van der Waals surface area contributed by atoms with Crippen molar-refractivity contribution in [3.8, 4) is 11.5 Å². The minimum atomic E-state index is -0.343. The fourth-order valence-corrected chi connectivity index (χ4v) is 3.79. The van der Waals surface area contributed by atoms with Crippen LogP contribution in [-0.4, -0.2) is 43.5 Å². The maximum absolute atomic E-state index is 12.9. The molecule has 0 aliphatic carbocycles. The van der Waals surface area contributed by atoms with Crippen LogP contribution in [0.5, 0.6) is 11.5 Å². The molecule has 0 spiro atoms. The molecule has 1 saturated heterocycles. The molecule has 31 heavy (non-hydrogen) atoms. The number of halogens is 1. The zero-order valence-electron chi connectivity index (χ0n) is 18.5. The molecule has 1 aliphatic rings. The van der Waals surface area contributed by atoms with Crippen molar-refractivity contribution in [2.75, 3.05) is 32.1 Å². The zero-order chi connectivity index (χ0) is 22.5. The Labute approximate surface area is 188 Å². The van der Waals surface area contributed by atoms with Gasteiger partial charge in [0, 0.05) is 29.9 Å². The minimum absolute atomic E-state index is 0.00228. The molecule has 166 valence electrons. The first kappa shape index (κ1) is 22.9. The topological polar surface area (TPSA) is 67.9 Å². The molecule has 1 aliphatic heterocycles. The summed E-state index contributed by atoms with van der Waals surface area (Å²) in [5, 5.41) is 3.20. The molecule has 0 atom stereocenters. The molecule has 0 aromatic heterocycles. The monoisotopic (exact) mass is 444 g/mol. The third kappa shape index (κ3) is 5.31. The van der Waals surface area contributed by atoms with Gasteiger partial charge in [-0.2, -0.15) is 0 Å². The highest BCUT2D eigenvalue weighted by Gasteiger charge is 2.22. The summed E-state index contributed by atoms with van der Waals surface area (Å²) in [6, 6.07) is 8.52. The van der Waals surface area contributed by atoms with Crippen LogP contribution in [-0.2, 0) is 0 Å². The van der Waals surface area contributed by atoms with Crippen molar-refractivity contribution in [1.82, 2.24) is 4.90 Å². The van der Waals surface area contributed by atoms with E-state index in [2.05, 4.69) is 5.32 Å². The number of nitrogens with one attached hydrogen (secondary N) is 1. The normalized spacial score (nSPS) is 13.4. The van der Waals surface area contributed by atoms with Crippen LogP contribution in [0.3, 0.4) is 0 Å². The van der Waals surface area contributed by atoms with E-state index in [1.165, 1.54) is 7.11 Å². The standard InChI is InChI=1S/C24H29ClN2O4/c1-15(2)14-31-22-19(25)12-17(13-21(22)30-4)23(28)26-20-9-7-8-18(16(20)3)24(29)27-10-5-6-11-27/h7-9,12-13,15H,5-6,10-11,14H2,1-4H3,(H,26,28). The van der Waals surface area contributed by atoms with Gasteiger partial charge in [0.1, 0.15) is 0 Å². The molecule has 1 fully saturated rings. The van der Waals surface area contributed by atoms with Crippen molar-refractivity contribution in [1.29, 1.82) is 0 Å². The number of carbonyl (C=O) groups excluding carboxylic acids is 2. The van der Waals surface area contributed by atoms with E-state index in [1.807, 2.05) is 25.7 Å². The number of rotatable bonds is 7. The lowest BCUT2D eigenvalue weighted by Crippen LogP contribution is -2.28. The summed E-state index contributed by atoms with van der Waals surface area (Å²) in [4.78, 5) is 27.6. The summed E-state index contributed by atoms with van der Waals surface area (Å²) >= 11 is 6.38. The molecule has 7 heteroatoms. The number of hydrogen-bond donors (Lipinski definition) is 1. The van der Waals surface area contributed by atoms with E-state index >= 15 is 0 Å². The molecule has 2 aromatic rings. The van der Waals surface area contributed by atoms with Gasteiger partial charge in [0.15, 0.2) is 11.5 Å². The van der Waals surface area contributed by atoms with Crippen LogP contribution < -0.4 is 14.8 Å². The van der Waals surface area contributed by atoms with Crippen molar-refractivity contribution in [3.05, 3.63) is 52.0 Å². The van der Waals surface area contributed by atoms with E-state index < -0.39 is 0 Å². The number of benzene rings is 2. The largest absolute Gasteiger partial charge is 0.493 e. The maximum atomic E-state index is 12.9. The van der Waals surface area contributed by atoms with Crippen LogP contribution in [0, 0.1) is 12.8 Å². The lowest BCUT2D eigenvalue weighted by atomic mass is 10.0. The predicted molar refractivity (Wildman–Crippen MR) is 123 cm³/mol. The van der Waals surface area contributed by atoms with Gasteiger partial charge in [-0.3, -0.25) is 9.59 Å². The van der Waals surface area contributed by atoms with Crippen LogP contribution in [0.1, 0.15) is 53.0 Å². The van der Waals surface area contributed by atoms with Gasteiger partial charge in [-0.25, -0.2) is 0 Å². The number of nitrogens with zero attached hydrogens (tertiary/aromatic N) is 1. The Morgan fingerprint density at radius 3 is 2.55 bits per heavy atom. The average molecular weight is 445 g/mol. The minimum Gasteiger partial charge on any atom is -0.493 e. The Morgan fingerprint density at radius 1 is 1.19 bits per heavy atom. The molecular weight excluding hydrogens is 416 g/mol. The second-order valence-electron chi connectivity index (χ2n) is 8.13. The lowest BCUT2D eigenvalue weighted by Gasteiger charge is -2.19. The number of amides is 2. The summed E-state index contributed by atoms with van der Waals surface area (Å²) in [7, 11) is 1.51. The van der Waals surface area contributed by atoms with Crippen LogP contribution in [0.4, 0.5) is 5.69 Å². The van der Waals surface area contributed by atoms with Crippen LogP contribution in [0.2, 0.25) is 5.02 Å². The molecule has 3 rings (SSSR count). The second kappa shape index (κ2) is 10.1. The summed E-state index contributed by atoms with van der Waals surface area (Å²) < 4.78 is 11.1. The van der Waals surface area contributed by atoms with Gasteiger partial charge >= 0.3 is 0 Å². The molecule has 1 heterocycles. The Bertz CT molecular complexity index is 968. The number of hydrogen-bond acceptors (Lipinski definition) is 4. The Kier molecular flexibility index (Phi) is 7.44. The molecule has 0 saturated carbocycles. The first-order valence-electron chi connectivity index (χ1n) is 10.5. The molecule has 2 aromatic carbocycles. The SMILES string of the molecule is COc1cc(C(=O)Nc2cccc(C(=O)N3CCCC3)c2C)cc(Cl)c1OCC(C)C. The quantitative estimate of drug-likeness (QED) is 0.638. The molecule has 2 amide bonds. The molecular formula is C24H29ClN2O4. The van der Waals surface area contributed by atoms with Gasteiger partial charge in [0.2, 0.25) is 0 Å². The van der Waals surface area contributed by atoms with Crippen molar-refractivity contribution in [2.45, 2.75) is 33.6 Å². The van der Waals surface area contributed by atoms with Crippen LogP contribution in [0.15, 0.2) is 30.3 Å². The van der Waals surface area contributed by atoms with E-state index in [0.29, 0.717) is 45.9 Å². The number of anilines is 1. The van der Waals surface area contributed by atoms with Crippen molar-refractivity contribution < 1.29 is 19.1 Å². The third-order valence-electron chi connectivity index (χ3n) is 5.26. The van der Waals surface area contributed by atoms with Crippen molar-refractivity contribution in [2.24, 2.45) is 5.92 Å². The Balaban J connectivity index is 1.82. The number of ether oxygens (including phenoxy) is 2. The smallest absolute Gasteiger partial charge is 0.255 e. The van der Waals surface area contributed by atoms with E-state index in [0.717, 1.165) is 31.5 Å². The van der Waals surface area contributed by atoms with E-state index in [1.54, 1.807) is 30.3 Å². The summed E-state index contributed by atoms with van der Waals surface area (Å²) in [6.07, 6.45) is 2.06. The average Bonchev–Trinajstić information content (AvgIpc) is 3.28. The Hall–Kier alpha value is -2.73. The predicted octanol–water partition coefficient (Wildman–Crippen LogP) is 5.18. The third-order valence-corrected chi connectivity index (χ3v) is 5.54.